The second kappa shape index (κ2) is 5.67. The molecule has 0 aliphatic heterocycles. The van der Waals surface area contributed by atoms with E-state index >= 15 is 0 Å². The Hall–Kier alpha value is -0.830. The summed E-state index contributed by atoms with van der Waals surface area (Å²) in [5.74, 6) is 0.442. The Bertz CT molecular complexity index is 380. The molecule has 1 aromatic heterocycles. The van der Waals surface area contributed by atoms with Crippen LogP contribution in [0.15, 0.2) is 12.3 Å². The maximum atomic E-state index is 14.1. The van der Waals surface area contributed by atoms with Gasteiger partial charge < -0.3 is 4.90 Å². The number of rotatable bonds is 6. The van der Waals surface area contributed by atoms with Crippen molar-refractivity contribution in [2.75, 3.05) is 11.4 Å². The Labute approximate surface area is 107 Å². The lowest BCUT2D eigenvalue weighted by Crippen LogP contribution is -2.29. The minimum atomic E-state index is -0.245. The molecule has 0 N–H and O–H groups in total. The van der Waals surface area contributed by atoms with Gasteiger partial charge in [-0.15, -0.1) is 11.6 Å². The van der Waals surface area contributed by atoms with E-state index in [-0.39, 0.29) is 11.7 Å². The zero-order chi connectivity index (χ0) is 12.3. The van der Waals surface area contributed by atoms with E-state index in [1.165, 1.54) is 0 Å². The van der Waals surface area contributed by atoms with Gasteiger partial charge in [0.15, 0.2) is 11.6 Å². The molecule has 17 heavy (non-hydrogen) atoms. The number of nitrogens with zero attached hydrogens (tertiary/aromatic N) is 2. The van der Waals surface area contributed by atoms with E-state index in [0.29, 0.717) is 17.4 Å². The number of hydrogen-bond donors (Lipinski definition) is 0. The molecule has 4 heteroatoms. The van der Waals surface area contributed by atoms with Gasteiger partial charge in [0.05, 0.1) is 5.88 Å². The molecule has 1 heterocycles. The molecule has 0 spiro atoms. The van der Waals surface area contributed by atoms with Gasteiger partial charge in [0.1, 0.15) is 0 Å². The molecule has 1 aromatic rings. The number of pyridine rings is 1. The summed E-state index contributed by atoms with van der Waals surface area (Å²) in [6.45, 7) is 3.03. The van der Waals surface area contributed by atoms with Gasteiger partial charge in [-0.3, -0.25) is 0 Å². The smallest absolute Gasteiger partial charge is 0.170 e. The van der Waals surface area contributed by atoms with E-state index in [0.717, 1.165) is 32.2 Å². The number of anilines is 1. The van der Waals surface area contributed by atoms with Crippen LogP contribution in [0.3, 0.4) is 0 Å². The Morgan fingerprint density at radius 1 is 1.53 bits per heavy atom. The van der Waals surface area contributed by atoms with Crippen molar-refractivity contribution in [2.24, 2.45) is 0 Å². The summed E-state index contributed by atoms with van der Waals surface area (Å²) in [6.07, 6.45) is 6.13. The molecule has 0 aromatic carbocycles. The van der Waals surface area contributed by atoms with Crippen molar-refractivity contribution < 1.29 is 4.39 Å². The van der Waals surface area contributed by atoms with Crippen LogP contribution in [0.4, 0.5) is 10.2 Å². The first-order valence-electron chi connectivity index (χ1n) is 6.24. The quantitative estimate of drug-likeness (QED) is 0.721. The molecule has 1 fully saturated rings. The topological polar surface area (TPSA) is 16.1 Å². The first kappa shape index (κ1) is 12.6. The predicted octanol–water partition coefficient (Wildman–Crippen LogP) is 3.73. The van der Waals surface area contributed by atoms with Crippen molar-refractivity contribution in [3.05, 3.63) is 23.6 Å². The van der Waals surface area contributed by atoms with Gasteiger partial charge in [-0.1, -0.05) is 13.3 Å². The fourth-order valence-corrected chi connectivity index (χ4v) is 2.16. The molecule has 0 radical (unpaired) electrons. The number of unbranched alkanes of at least 4 members (excludes halogenated alkanes) is 1. The van der Waals surface area contributed by atoms with Gasteiger partial charge in [0, 0.05) is 24.3 Å². The van der Waals surface area contributed by atoms with Crippen molar-refractivity contribution >= 4 is 17.4 Å². The van der Waals surface area contributed by atoms with Gasteiger partial charge in [-0.25, -0.2) is 9.37 Å². The van der Waals surface area contributed by atoms with Crippen LogP contribution in [0.5, 0.6) is 0 Å². The Morgan fingerprint density at radius 3 is 2.88 bits per heavy atom. The number of alkyl halides is 1. The first-order valence-corrected chi connectivity index (χ1v) is 6.77. The molecule has 1 aliphatic rings. The monoisotopic (exact) mass is 256 g/mol. The summed E-state index contributed by atoms with van der Waals surface area (Å²) >= 11 is 5.72. The molecule has 0 bridgehead atoms. The molecule has 1 aliphatic carbocycles. The highest BCUT2D eigenvalue weighted by Crippen LogP contribution is 2.33. The summed E-state index contributed by atoms with van der Waals surface area (Å²) in [5.41, 5.74) is 0.541. The first-order chi connectivity index (χ1) is 8.27. The van der Waals surface area contributed by atoms with Gasteiger partial charge in [0.25, 0.3) is 0 Å². The van der Waals surface area contributed by atoms with Crippen LogP contribution < -0.4 is 4.90 Å². The minimum Gasteiger partial charge on any atom is -0.351 e. The third-order valence-corrected chi connectivity index (χ3v) is 3.39. The Kier molecular flexibility index (Phi) is 4.21. The molecule has 94 valence electrons. The highest BCUT2D eigenvalue weighted by molar-refractivity contribution is 6.17. The van der Waals surface area contributed by atoms with E-state index in [4.69, 9.17) is 11.6 Å². The predicted molar refractivity (Wildman–Crippen MR) is 69.0 cm³/mol. The van der Waals surface area contributed by atoms with E-state index < -0.39 is 0 Å². The van der Waals surface area contributed by atoms with Crippen molar-refractivity contribution in [1.29, 1.82) is 0 Å². The van der Waals surface area contributed by atoms with Crippen LogP contribution in [-0.4, -0.2) is 17.6 Å². The number of hydrogen-bond acceptors (Lipinski definition) is 2. The summed E-state index contributed by atoms with van der Waals surface area (Å²) < 4.78 is 14.1. The number of halogens is 2. The average Bonchev–Trinajstić information content (AvgIpc) is 3.16. The largest absolute Gasteiger partial charge is 0.351 e. The molecule has 2 rings (SSSR count). The maximum absolute atomic E-state index is 14.1. The molecule has 0 atom stereocenters. The molecule has 0 amide bonds. The second-order valence-electron chi connectivity index (χ2n) is 4.52. The molecular weight excluding hydrogens is 239 g/mol. The van der Waals surface area contributed by atoms with Gasteiger partial charge in [-0.2, -0.15) is 0 Å². The summed E-state index contributed by atoms with van der Waals surface area (Å²) in [4.78, 5) is 6.30. The zero-order valence-electron chi connectivity index (χ0n) is 10.1. The average molecular weight is 257 g/mol. The van der Waals surface area contributed by atoms with Crippen LogP contribution in [0.25, 0.3) is 0 Å². The molecule has 0 unspecified atom stereocenters. The zero-order valence-corrected chi connectivity index (χ0v) is 10.9. The number of aromatic nitrogens is 1. The van der Waals surface area contributed by atoms with Crippen LogP contribution in [0.1, 0.15) is 38.2 Å². The third kappa shape index (κ3) is 2.89. The highest BCUT2D eigenvalue weighted by Gasteiger charge is 2.31. The van der Waals surface area contributed by atoms with Gasteiger partial charge >= 0.3 is 0 Å². The van der Waals surface area contributed by atoms with E-state index in [2.05, 4.69) is 16.8 Å². The minimum absolute atomic E-state index is 0.202. The Balaban J connectivity index is 2.22. The summed E-state index contributed by atoms with van der Waals surface area (Å²) in [7, 11) is 0. The van der Waals surface area contributed by atoms with Crippen molar-refractivity contribution in [1.82, 2.24) is 4.98 Å². The standard InChI is InChI=1S/C13H18ClFN2/c1-2-3-8-17(11-4-5-11)13-12(15)10(9-14)6-7-16-13/h6-7,11H,2-5,8-9H2,1H3. The van der Waals surface area contributed by atoms with Crippen molar-refractivity contribution in [2.45, 2.75) is 44.5 Å². The normalized spacial score (nSPS) is 15.0. The maximum Gasteiger partial charge on any atom is 0.170 e. The van der Waals surface area contributed by atoms with E-state index in [9.17, 15) is 4.39 Å². The molecular formula is C13H18ClFN2. The summed E-state index contributed by atoms with van der Waals surface area (Å²) in [6, 6.07) is 2.13. The van der Waals surface area contributed by atoms with Gasteiger partial charge in [0.2, 0.25) is 0 Å². The summed E-state index contributed by atoms with van der Waals surface area (Å²) in [5, 5.41) is 0. The fraction of sp³-hybridized carbons (Fsp3) is 0.615. The van der Waals surface area contributed by atoms with Crippen molar-refractivity contribution in [3.63, 3.8) is 0 Å². The molecule has 0 saturated heterocycles. The van der Waals surface area contributed by atoms with Gasteiger partial charge in [-0.05, 0) is 25.3 Å². The lowest BCUT2D eigenvalue weighted by molar-refractivity contribution is 0.591. The molecule has 2 nitrogen and oxygen atoms in total. The lowest BCUT2D eigenvalue weighted by Gasteiger charge is -2.24. The van der Waals surface area contributed by atoms with Crippen molar-refractivity contribution in [3.8, 4) is 0 Å². The second-order valence-corrected chi connectivity index (χ2v) is 4.79. The van der Waals surface area contributed by atoms with Crippen LogP contribution in [-0.2, 0) is 5.88 Å². The lowest BCUT2D eigenvalue weighted by atomic mass is 10.2. The van der Waals surface area contributed by atoms with Crippen LogP contribution in [0, 0.1) is 5.82 Å². The van der Waals surface area contributed by atoms with E-state index in [1.54, 1.807) is 12.3 Å². The van der Waals surface area contributed by atoms with E-state index in [1.807, 2.05) is 0 Å². The SMILES string of the molecule is CCCCN(c1nccc(CCl)c1F)C1CC1. The van der Waals surface area contributed by atoms with Crippen LogP contribution in [0.2, 0.25) is 0 Å². The fourth-order valence-electron chi connectivity index (χ4n) is 1.95. The third-order valence-electron chi connectivity index (χ3n) is 3.11. The Morgan fingerprint density at radius 2 is 2.29 bits per heavy atom. The molecule has 1 saturated carbocycles. The van der Waals surface area contributed by atoms with Crippen LogP contribution >= 0.6 is 11.6 Å². The highest BCUT2D eigenvalue weighted by atomic mass is 35.5.